The third-order valence-corrected chi connectivity index (χ3v) is 5.18. The van der Waals surface area contributed by atoms with Crippen LogP contribution in [0, 0.1) is 11.7 Å². The van der Waals surface area contributed by atoms with E-state index in [9.17, 15) is 14.0 Å². The van der Waals surface area contributed by atoms with E-state index in [1.54, 1.807) is 18.3 Å². The molecule has 1 aliphatic rings. The zero-order chi connectivity index (χ0) is 18.5. The monoisotopic (exact) mass is 376 g/mol. The summed E-state index contributed by atoms with van der Waals surface area (Å²) in [5.41, 5.74) is 0.619. The van der Waals surface area contributed by atoms with Gasteiger partial charge in [-0.1, -0.05) is 0 Å². The Morgan fingerprint density at radius 3 is 2.58 bits per heavy atom. The molecule has 0 saturated carbocycles. The summed E-state index contributed by atoms with van der Waals surface area (Å²) in [6.07, 6.45) is 3.35. The minimum Gasteiger partial charge on any atom is -0.326 e. The summed E-state index contributed by atoms with van der Waals surface area (Å²) in [4.78, 5) is 31.0. The summed E-state index contributed by atoms with van der Waals surface area (Å²) in [7, 11) is 0. The van der Waals surface area contributed by atoms with E-state index in [1.807, 2.05) is 0 Å². The summed E-state index contributed by atoms with van der Waals surface area (Å²) >= 11 is 1.47. The Morgan fingerprint density at radius 2 is 1.92 bits per heavy atom. The maximum Gasteiger partial charge on any atom is 0.227 e. The Bertz CT molecular complexity index is 770. The van der Waals surface area contributed by atoms with Gasteiger partial charge in [0, 0.05) is 36.1 Å². The van der Waals surface area contributed by atoms with Gasteiger partial charge in [-0.3, -0.25) is 14.5 Å². The van der Waals surface area contributed by atoms with Gasteiger partial charge >= 0.3 is 0 Å². The topological polar surface area (TPSA) is 74.3 Å². The molecule has 0 radical (unpaired) electrons. The highest BCUT2D eigenvalue weighted by atomic mass is 32.1. The van der Waals surface area contributed by atoms with E-state index < -0.39 is 0 Å². The van der Waals surface area contributed by atoms with E-state index in [-0.39, 0.29) is 23.5 Å². The molecule has 0 aliphatic carbocycles. The molecule has 1 aromatic carbocycles. The van der Waals surface area contributed by atoms with Gasteiger partial charge in [-0.25, -0.2) is 9.37 Å². The zero-order valence-corrected chi connectivity index (χ0v) is 15.3. The Kier molecular flexibility index (Phi) is 5.95. The van der Waals surface area contributed by atoms with Crippen LogP contribution in [0.3, 0.4) is 0 Å². The largest absolute Gasteiger partial charge is 0.326 e. The highest BCUT2D eigenvalue weighted by molar-refractivity contribution is 7.15. The van der Waals surface area contributed by atoms with E-state index in [0.717, 1.165) is 37.4 Å². The van der Waals surface area contributed by atoms with Crippen molar-refractivity contribution in [3.63, 3.8) is 0 Å². The van der Waals surface area contributed by atoms with E-state index in [2.05, 4.69) is 20.5 Å². The SMILES string of the molecule is CC(=O)Nc1ncc(CN2CCC(C(=O)Nc3ccc(F)cc3)CC2)s1. The van der Waals surface area contributed by atoms with Crippen LogP contribution >= 0.6 is 11.3 Å². The molecule has 2 aromatic rings. The molecule has 2 amide bonds. The molecule has 8 heteroatoms. The number of hydrogen-bond acceptors (Lipinski definition) is 5. The van der Waals surface area contributed by atoms with Crippen molar-refractivity contribution in [1.29, 1.82) is 0 Å². The maximum atomic E-state index is 12.9. The fraction of sp³-hybridized carbons (Fsp3) is 0.389. The number of halogens is 1. The molecule has 26 heavy (non-hydrogen) atoms. The van der Waals surface area contributed by atoms with Crippen LogP contribution in [0.25, 0.3) is 0 Å². The van der Waals surface area contributed by atoms with Gasteiger partial charge in [0.1, 0.15) is 5.82 Å². The standard InChI is InChI=1S/C18H21FN4O2S/c1-12(24)21-18-20-10-16(26-18)11-23-8-6-13(7-9-23)17(25)22-15-4-2-14(19)3-5-15/h2-5,10,13H,6-9,11H2,1H3,(H,22,25)(H,20,21,24). The van der Waals surface area contributed by atoms with Crippen molar-refractivity contribution >= 4 is 34.0 Å². The van der Waals surface area contributed by atoms with Crippen molar-refractivity contribution in [3.05, 3.63) is 41.2 Å². The van der Waals surface area contributed by atoms with E-state index >= 15 is 0 Å². The third kappa shape index (κ3) is 5.09. The molecule has 2 N–H and O–H groups in total. The fourth-order valence-corrected chi connectivity index (χ4v) is 3.84. The van der Waals surface area contributed by atoms with E-state index in [0.29, 0.717) is 10.8 Å². The van der Waals surface area contributed by atoms with Gasteiger partial charge in [0.25, 0.3) is 0 Å². The van der Waals surface area contributed by atoms with Crippen LogP contribution in [0.5, 0.6) is 0 Å². The number of nitrogens with one attached hydrogen (secondary N) is 2. The molecule has 1 saturated heterocycles. The number of nitrogens with zero attached hydrogens (tertiary/aromatic N) is 2. The average molecular weight is 376 g/mol. The number of hydrogen-bond donors (Lipinski definition) is 2. The lowest BCUT2D eigenvalue weighted by atomic mass is 9.96. The van der Waals surface area contributed by atoms with Gasteiger partial charge in [0.05, 0.1) is 0 Å². The minimum absolute atomic E-state index is 0.0120. The molecule has 2 heterocycles. The predicted octanol–water partition coefficient (Wildman–Crippen LogP) is 3.09. The van der Waals surface area contributed by atoms with Gasteiger partial charge in [-0.05, 0) is 50.2 Å². The fourth-order valence-electron chi connectivity index (χ4n) is 2.94. The molecule has 1 aliphatic heterocycles. The number of piperidine rings is 1. The van der Waals surface area contributed by atoms with Crippen molar-refractivity contribution in [2.45, 2.75) is 26.3 Å². The number of amides is 2. The smallest absolute Gasteiger partial charge is 0.227 e. The molecule has 0 spiro atoms. The van der Waals surface area contributed by atoms with Crippen LogP contribution in [0.4, 0.5) is 15.2 Å². The van der Waals surface area contributed by atoms with Crippen LogP contribution in [-0.4, -0.2) is 34.8 Å². The van der Waals surface area contributed by atoms with Gasteiger partial charge in [-0.2, -0.15) is 0 Å². The number of aromatic nitrogens is 1. The molecular formula is C18H21FN4O2S. The zero-order valence-electron chi connectivity index (χ0n) is 14.5. The first-order valence-corrected chi connectivity index (χ1v) is 9.32. The van der Waals surface area contributed by atoms with Crippen molar-refractivity contribution in [2.24, 2.45) is 5.92 Å². The van der Waals surface area contributed by atoms with E-state index in [4.69, 9.17) is 0 Å². The maximum absolute atomic E-state index is 12.9. The molecule has 138 valence electrons. The van der Waals surface area contributed by atoms with Crippen molar-refractivity contribution < 1.29 is 14.0 Å². The van der Waals surface area contributed by atoms with Crippen molar-refractivity contribution in [1.82, 2.24) is 9.88 Å². The lowest BCUT2D eigenvalue weighted by Crippen LogP contribution is -2.37. The Labute approximate surface area is 155 Å². The number of likely N-dealkylation sites (tertiary alicyclic amines) is 1. The van der Waals surface area contributed by atoms with Gasteiger partial charge in [0.15, 0.2) is 5.13 Å². The Balaban J connectivity index is 1.46. The number of rotatable bonds is 5. The molecule has 3 rings (SSSR count). The number of thiazole rings is 1. The molecular weight excluding hydrogens is 355 g/mol. The first-order valence-electron chi connectivity index (χ1n) is 8.50. The van der Waals surface area contributed by atoms with Crippen LogP contribution in [0.15, 0.2) is 30.5 Å². The Morgan fingerprint density at radius 1 is 1.23 bits per heavy atom. The lowest BCUT2D eigenvalue weighted by Gasteiger charge is -2.30. The average Bonchev–Trinajstić information content (AvgIpc) is 3.03. The van der Waals surface area contributed by atoms with Gasteiger partial charge in [0.2, 0.25) is 11.8 Å². The molecule has 0 unspecified atom stereocenters. The second kappa shape index (κ2) is 8.37. The van der Waals surface area contributed by atoms with Crippen LogP contribution in [0.2, 0.25) is 0 Å². The van der Waals surface area contributed by atoms with Gasteiger partial charge < -0.3 is 10.6 Å². The number of carbonyl (C=O) groups is 2. The third-order valence-electron chi connectivity index (χ3n) is 4.29. The second-order valence-corrected chi connectivity index (χ2v) is 7.47. The highest BCUT2D eigenvalue weighted by Gasteiger charge is 2.25. The summed E-state index contributed by atoms with van der Waals surface area (Å²) in [6, 6.07) is 5.81. The lowest BCUT2D eigenvalue weighted by molar-refractivity contribution is -0.121. The summed E-state index contributed by atoms with van der Waals surface area (Å²) < 4.78 is 12.9. The van der Waals surface area contributed by atoms with Crippen molar-refractivity contribution in [3.8, 4) is 0 Å². The summed E-state index contributed by atoms with van der Waals surface area (Å²) in [5.74, 6) is -0.491. The molecule has 0 bridgehead atoms. The highest BCUT2D eigenvalue weighted by Crippen LogP contribution is 2.24. The number of anilines is 2. The minimum atomic E-state index is -0.318. The van der Waals surface area contributed by atoms with Crippen LogP contribution in [0.1, 0.15) is 24.6 Å². The molecule has 0 atom stereocenters. The quantitative estimate of drug-likeness (QED) is 0.841. The summed E-state index contributed by atoms with van der Waals surface area (Å²) in [5, 5.41) is 6.15. The molecule has 6 nitrogen and oxygen atoms in total. The van der Waals surface area contributed by atoms with Crippen LogP contribution < -0.4 is 10.6 Å². The molecule has 1 fully saturated rings. The number of benzene rings is 1. The Hall–Kier alpha value is -2.32. The number of carbonyl (C=O) groups excluding carboxylic acids is 2. The first-order chi connectivity index (χ1) is 12.5. The molecule has 1 aromatic heterocycles. The van der Waals surface area contributed by atoms with Gasteiger partial charge in [-0.15, -0.1) is 11.3 Å². The second-order valence-electron chi connectivity index (χ2n) is 6.36. The normalized spacial score (nSPS) is 15.6. The first kappa shape index (κ1) is 18.5. The van der Waals surface area contributed by atoms with Crippen LogP contribution in [-0.2, 0) is 16.1 Å². The predicted molar refractivity (Wildman–Crippen MR) is 99.4 cm³/mol. The van der Waals surface area contributed by atoms with Crippen molar-refractivity contribution in [2.75, 3.05) is 23.7 Å². The van der Waals surface area contributed by atoms with E-state index in [1.165, 1.54) is 30.4 Å². The summed E-state index contributed by atoms with van der Waals surface area (Å²) in [6.45, 7) is 3.89.